The third-order valence-electron chi connectivity index (χ3n) is 4.69. The highest BCUT2D eigenvalue weighted by molar-refractivity contribution is 5.76. The summed E-state index contributed by atoms with van der Waals surface area (Å²) in [6.07, 6.45) is 10.8. The number of rotatable bonds is 5. The van der Waals surface area contributed by atoms with E-state index in [1.54, 1.807) is 0 Å². The first-order valence-corrected chi connectivity index (χ1v) is 7.77. The molecule has 1 atom stereocenters. The minimum absolute atomic E-state index is 0.392. The lowest BCUT2D eigenvalue weighted by Crippen LogP contribution is -2.40. The van der Waals surface area contributed by atoms with Gasteiger partial charge in [0, 0.05) is 19.5 Å². The van der Waals surface area contributed by atoms with Crippen LogP contribution in [-0.4, -0.2) is 30.4 Å². The van der Waals surface area contributed by atoms with E-state index < -0.39 is 0 Å². The summed E-state index contributed by atoms with van der Waals surface area (Å²) in [5.74, 6) is 1.88. The average Bonchev–Trinajstić information content (AvgIpc) is 2.90. The number of amides is 1. The first-order valence-electron chi connectivity index (χ1n) is 7.77. The lowest BCUT2D eigenvalue weighted by atomic mass is 9.94. The standard InChI is InChI=1S/C15H28N2O/c16-10-9-14-6-3-11-17(12-14)15(18)8-7-13-4-1-2-5-13/h13-14H,1-12,16H2. The first kappa shape index (κ1) is 13.9. The van der Waals surface area contributed by atoms with Crippen LogP contribution >= 0.6 is 0 Å². The average molecular weight is 252 g/mol. The van der Waals surface area contributed by atoms with Crippen molar-refractivity contribution in [3.05, 3.63) is 0 Å². The molecule has 0 aromatic heterocycles. The molecule has 1 saturated heterocycles. The quantitative estimate of drug-likeness (QED) is 0.817. The molecular formula is C15H28N2O. The van der Waals surface area contributed by atoms with Crippen molar-refractivity contribution in [3.63, 3.8) is 0 Å². The van der Waals surface area contributed by atoms with E-state index in [0.29, 0.717) is 11.8 Å². The van der Waals surface area contributed by atoms with Gasteiger partial charge in [-0.25, -0.2) is 0 Å². The Labute approximate surface area is 111 Å². The molecule has 0 aromatic rings. The van der Waals surface area contributed by atoms with Crippen LogP contribution in [0.5, 0.6) is 0 Å². The highest BCUT2D eigenvalue weighted by Gasteiger charge is 2.24. The zero-order valence-corrected chi connectivity index (χ0v) is 11.6. The summed E-state index contributed by atoms with van der Waals surface area (Å²) in [7, 11) is 0. The molecule has 1 amide bonds. The minimum Gasteiger partial charge on any atom is -0.342 e. The molecule has 1 saturated carbocycles. The fraction of sp³-hybridized carbons (Fsp3) is 0.933. The molecule has 2 fully saturated rings. The molecule has 2 rings (SSSR count). The summed E-state index contributed by atoms with van der Waals surface area (Å²) in [6, 6.07) is 0. The Balaban J connectivity index is 1.70. The first-order chi connectivity index (χ1) is 8.79. The number of carbonyl (C=O) groups excluding carboxylic acids is 1. The molecule has 3 nitrogen and oxygen atoms in total. The maximum Gasteiger partial charge on any atom is 0.222 e. The number of likely N-dealkylation sites (tertiary alicyclic amines) is 1. The molecule has 0 radical (unpaired) electrons. The van der Waals surface area contributed by atoms with Gasteiger partial charge in [-0.1, -0.05) is 25.7 Å². The van der Waals surface area contributed by atoms with E-state index in [2.05, 4.69) is 4.90 Å². The lowest BCUT2D eigenvalue weighted by molar-refractivity contribution is -0.133. The molecule has 2 N–H and O–H groups in total. The Bertz CT molecular complexity index is 259. The third-order valence-corrected chi connectivity index (χ3v) is 4.69. The molecule has 104 valence electrons. The van der Waals surface area contributed by atoms with Crippen molar-refractivity contribution in [1.29, 1.82) is 0 Å². The summed E-state index contributed by atoms with van der Waals surface area (Å²) in [6.45, 7) is 2.69. The number of nitrogens with zero attached hydrogens (tertiary/aromatic N) is 1. The van der Waals surface area contributed by atoms with Crippen LogP contribution in [0.25, 0.3) is 0 Å². The summed E-state index contributed by atoms with van der Waals surface area (Å²) in [4.78, 5) is 14.3. The molecule has 3 heteroatoms. The van der Waals surface area contributed by atoms with Crippen LogP contribution < -0.4 is 5.73 Å². The van der Waals surface area contributed by atoms with Crippen molar-refractivity contribution in [3.8, 4) is 0 Å². The lowest BCUT2D eigenvalue weighted by Gasteiger charge is -2.33. The van der Waals surface area contributed by atoms with Gasteiger partial charge in [0.1, 0.15) is 0 Å². The van der Waals surface area contributed by atoms with E-state index in [1.807, 2.05) is 0 Å². The van der Waals surface area contributed by atoms with Gasteiger partial charge in [-0.05, 0) is 44.1 Å². The normalized spacial score (nSPS) is 25.6. The number of piperidine rings is 1. The van der Waals surface area contributed by atoms with Gasteiger partial charge in [-0.2, -0.15) is 0 Å². The molecule has 1 heterocycles. The molecule has 1 unspecified atom stereocenters. The van der Waals surface area contributed by atoms with Crippen molar-refractivity contribution in [2.75, 3.05) is 19.6 Å². The zero-order chi connectivity index (χ0) is 12.8. The van der Waals surface area contributed by atoms with Gasteiger partial charge in [0.05, 0.1) is 0 Å². The molecule has 1 aliphatic carbocycles. The molecule has 0 bridgehead atoms. The molecule has 1 aliphatic heterocycles. The summed E-state index contributed by atoms with van der Waals surface area (Å²) in [5, 5.41) is 0. The Hall–Kier alpha value is -0.570. The second-order valence-electron chi connectivity index (χ2n) is 6.11. The van der Waals surface area contributed by atoms with E-state index >= 15 is 0 Å². The maximum atomic E-state index is 12.2. The molecule has 18 heavy (non-hydrogen) atoms. The number of hydrogen-bond acceptors (Lipinski definition) is 2. The second-order valence-corrected chi connectivity index (χ2v) is 6.11. The number of carbonyl (C=O) groups is 1. The Kier molecular flexibility index (Phi) is 5.48. The van der Waals surface area contributed by atoms with Crippen molar-refractivity contribution in [2.24, 2.45) is 17.6 Å². The number of nitrogens with two attached hydrogens (primary N) is 1. The molecular weight excluding hydrogens is 224 g/mol. The fourth-order valence-corrected chi connectivity index (χ4v) is 3.55. The van der Waals surface area contributed by atoms with Crippen LogP contribution in [0.3, 0.4) is 0 Å². The highest BCUT2D eigenvalue weighted by Crippen LogP contribution is 2.29. The smallest absolute Gasteiger partial charge is 0.222 e. The van der Waals surface area contributed by atoms with E-state index in [0.717, 1.165) is 44.8 Å². The monoisotopic (exact) mass is 252 g/mol. The van der Waals surface area contributed by atoms with E-state index in [9.17, 15) is 4.79 Å². The van der Waals surface area contributed by atoms with E-state index in [-0.39, 0.29) is 0 Å². The topological polar surface area (TPSA) is 46.3 Å². The molecule has 0 spiro atoms. The van der Waals surface area contributed by atoms with Gasteiger partial charge in [0.15, 0.2) is 0 Å². The van der Waals surface area contributed by atoms with Crippen LogP contribution in [0.1, 0.15) is 57.8 Å². The predicted molar refractivity (Wildman–Crippen MR) is 74.2 cm³/mol. The summed E-state index contributed by atoms with van der Waals surface area (Å²) < 4.78 is 0. The molecule has 0 aromatic carbocycles. The second kappa shape index (κ2) is 7.13. The SMILES string of the molecule is NCCC1CCCN(C(=O)CCC2CCCC2)C1. The number of hydrogen-bond donors (Lipinski definition) is 1. The summed E-state index contributed by atoms with van der Waals surface area (Å²) in [5.41, 5.74) is 5.62. The molecule has 2 aliphatic rings. The van der Waals surface area contributed by atoms with E-state index in [1.165, 1.54) is 38.5 Å². The van der Waals surface area contributed by atoms with E-state index in [4.69, 9.17) is 5.73 Å². The predicted octanol–water partition coefficient (Wildman–Crippen LogP) is 2.54. The highest BCUT2D eigenvalue weighted by atomic mass is 16.2. The van der Waals surface area contributed by atoms with Gasteiger partial charge < -0.3 is 10.6 Å². The minimum atomic E-state index is 0.392. The fourth-order valence-electron chi connectivity index (χ4n) is 3.55. The van der Waals surface area contributed by atoms with Crippen molar-refractivity contribution in [1.82, 2.24) is 4.90 Å². The van der Waals surface area contributed by atoms with Crippen molar-refractivity contribution < 1.29 is 4.79 Å². The van der Waals surface area contributed by atoms with Gasteiger partial charge >= 0.3 is 0 Å². The van der Waals surface area contributed by atoms with Crippen LogP contribution in [0.15, 0.2) is 0 Å². The van der Waals surface area contributed by atoms with Crippen LogP contribution in [0, 0.1) is 11.8 Å². The van der Waals surface area contributed by atoms with Gasteiger partial charge in [0.2, 0.25) is 5.91 Å². The van der Waals surface area contributed by atoms with Gasteiger partial charge in [-0.15, -0.1) is 0 Å². The zero-order valence-electron chi connectivity index (χ0n) is 11.6. The Morgan fingerprint density at radius 1 is 1.06 bits per heavy atom. The van der Waals surface area contributed by atoms with Crippen LogP contribution in [-0.2, 0) is 4.79 Å². The van der Waals surface area contributed by atoms with Crippen LogP contribution in [0.2, 0.25) is 0 Å². The Morgan fingerprint density at radius 2 is 1.78 bits per heavy atom. The third kappa shape index (κ3) is 3.98. The van der Waals surface area contributed by atoms with Crippen molar-refractivity contribution >= 4 is 5.91 Å². The van der Waals surface area contributed by atoms with Crippen molar-refractivity contribution in [2.45, 2.75) is 57.8 Å². The van der Waals surface area contributed by atoms with Gasteiger partial charge in [0.25, 0.3) is 0 Å². The van der Waals surface area contributed by atoms with Crippen LogP contribution in [0.4, 0.5) is 0 Å². The Morgan fingerprint density at radius 3 is 2.50 bits per heavy atom. The van der Waals surface area contributed by atoms with Gasteiger partial charge in [-0.3, -0.25) is 4.79 Å². The maximum absolute atomic E-state index is 12.2. The summed E-state index contributed by atoms with van der Waals surface area (Å²) >= 11 is 0. The largest absolute Gasteiger partial charge is 0.342 e.